The van der Waals surface area contributed by atoms with E-state index in [9.17, 15) is 4.79 Å². The van der Waals surface area contributed by atoms with Crippen molar-refractivity contribution in [1.29, 1.82) is 0 Å². The number of benzene rings is 1. The number of fused-ring (bicyclic) bond motifs is 1. The van der Waals surface area contributed by atoms with Crippen molar-refractivity contribution >= 4 is 23.0 Å². The van der Waals surface area contributed by atoms with E-state index in [1.165, 1.54) is 14.2 Å². The molecular weight excluding hydrogens is 436 g/mol. The topological polar surface area (TPSA) is 126 Å². The number of carbonyl (C=O) groups is 1. The van der Waals surface area contributed by atoms with Crippen LogP contribution < -0.4 is 20.5 Å². The van der Waals surface area contributed by atoms with Crippen LogP contribution in [0.1, 0.15) is 47.2 Å². The molecule has 3 N–H and O–H groups in total. The molecule has 0 amide bonds. The SMILES string of the molecule is C#CC(CNC)c1ccc(Cn2c(OC)nc3c(N)nc(OCCCC)nc32)cc1C(=O)OC. The van der Waals surface area contributed by atoms with Crippen LogP contribution in [0.15, 0.2) is 18.2 Å². The second kappa shape index (κ2) is 11.3. The Morgan fingerprint density at radius 2 is 2.09 bits per heavy atom. The van der Waals surface area contributed by atoms with E-state index in [2.05, 4.69) is 33.1 Å². The number of rotatable bonds is 11. The second-order valence-corrected chi connectivity index (χ2v) is 7.64. The highest BCUT2D eigenvalue weighted by atomic mass is 16.5. The highest BCUT2D eigenvalue weighted by Gasteiger charge is 2.21. The third-order valence-corrected chi connectivity index (χ3v) is 5.33. The average molecular weight is 467 g/mol. The number of anilines is 1. The van der Waals surface area contributed by atoms with Gasteiger partial charge in [-0.15, -0.1) is 6.42 Å². The van der Waals surface area contributed by atoms with E-state index in [0.29, 0.717) is 48.0 Å². The maximum atomic E-state index is 12.6. The number of hydrogen-bond acceptors (Lipinski definition) is 9. The van der Waals surface area contributed by atoms with Crippen LogP contribution in [0, 0.1) is 12.3 Å². The van der Waals surface area contributed by atoms with E-state index in [1.807, 2.05) is 12.1 Å². The highest BCUT2D eigenvalue weighted by molar-refractivity contribution is 5.91. The zero-order chi connectivity index (χ0) is 24.7. The zero-order valence-corrected chi connectivity index (χ0v) is 19.9. The molecule has 0 fully saturated rings. The molecule has 0 aliphatic heterocycles. The van der Waals surface area contributed by atoms with Gasteiger partial charge in [-0.2, -0.15) is 15.0 Å². The van der Waals surface area contributed by atoms with Crippen LogP contribution >= 0.6 is 0 Å². The molecule has 0 aliphatic rings. The van der Waals surface area contributed by atoms with Crippen molar-refractivity contribution in [3.63, 3.8) is 0 Å². The number of nitrogens with one attached hydrogen (secondary N) is 1. The first-order chi connectivity index (χ1) is 16.5. The number of esters is 1. The molecule has 1 unspecified atom stereocenters. The molecular formula is C24H30N6O4. The molecule has 0 aliphatic carbocycles. The summed E-state index contributed by atoms with van der Waals surface area (Å²) in [6.07, 6.45) is 7.57. The maximum Gasteiger partial charge on any atom is 0.338 e. The Bertz CT molecular complexity index is 1200. The molecule has 0 bridgehead atoms. The number of methoxy groups -OCH3 is 2. The van der Waals surface area contributed by atoms with Gasteiger partial charge in [-0.3, -0.25) is 4.57 Å². The van der Waals surface area contributed by atoms with Crippen LogP contribution in [-0.4, -0.2) is 59.9 Å². The lowest BCUT2D eigenvalue weighted by molar-refractivity contribution is 0.0599. The summed E-state index contributed by atoms with van der Waals surface area (Å²) >= 11 is 0. The van der Waals surface area contributed by atoms with Crippen molar-refractivity contribution in [1.82, 2.24) is 24.8 Å². The van der Waals surface area contributed by atoms with Crippen LogP contribution in [0.25, 0.3) is 11.2 Å². The lowest BCUT2D eigenvalue weighted by Gasteiger charge is -2.16. The predicted molar refractivity (Wildman–Crippen MR) is 129 cm³/mol. The molecule has 34 heavy (non-hydrogen) atoms. The van der Waals surface area contributed by atoms with Crippen LogP contribution in [0.2, 0.25) is 0 Å². The lowest BCUT2D eigenvalue weighted by Crippen LogP contribution is -2.19. The van der Waals surface area contributed by atoms with E-state index in [-0.39, 0.29) is 17.7 Å². The molecule has 180 valence electrons. The molecule has 2 heterocycles. The number of likely N-dealkylation sites (N-methyl/N-ethyl adjacent to an activating group) is 1. The fraction of sp³-hybridized carbons (Fsp3) is 0.417. The number of nitrogens with zero attached hydrogens (tertiary/aromatic N) is 4. The van der Waals surface area contributed by atoms with Gasteiger partial charge in [0.2, 0.25) is 0 Å². The molecule has 10 heteroatoms. The van der Waals surface area contributed by atoms with Crippen LogP contribution in [0.3, 0.4) is 0 Å². The standard InChI is InChI=1S/C24H30N6O4/c1-6-8-11-34-23-28-20(25)19-21(29-23)30(24(27-19)33-5)14-15-9-10-17(16(7-2)13-26-3)18(12-15)22(31)32-4/h2,9-10,12,16,26H,6,8,11,13-14H2,1,3-5H3,(H2,25,28,29). The van der Waals surface area contributed by atoms with E-state index in [4.69, 9.17) is 26.4 Å². The maximum absolute atomic E-state index is 12.6. The Hall–Kier alpha value is -3.84. The molecule has 0 saturated carbocycles. The summed E-state index contributed by atoms with van der Waals surface area (Å²) in [4.78, 5) is 25.7. The molecule has 3 aromatic rings. The van der Waals surface area contributed by atoms with E-state index in [0.717, 1.165) is 18.4 Å². The van der Waals surface area contributed by atoms with Crippen molar-refractivity contribution in [2.75, 3.05) is 40.2 Å². The zero-order valence-electron chi connectivity index (χ0n) is 19.9. The van der Waals surface area contributed by atoms with Gasteiger partial charge in [0.05, 0.1) is 38.9 Å². The Labute approximate surface area is 198 Å². The molecule has 0 radical (unpaired) electrons. The Kier molecular flexibility index (Phi) is 8.27. The number of aromatic nitrogens is 4. The van der Waals surface area contributed by atoms with Gasteiger partial charge in [0.25, 0.3) is 6.01 Å². The smallest absolute Gasteiger partial charge is 0.338 e. The fourth-order valence-electron chi connectivity index (χ4n) is 3.59. The van der Waals surface area contributed by atoms with Crippen molar-refractivity contribution < 1.29 is 19.0 Å². The largest absolute Gasteiger partial charge is 0.468 e. The van der Waals surface area contributed by atoms with E-state index < -0.39 is 5.97 Å². The van der Waals surface area contributed by atoms with Crippen molar-refractivity contribution in [3.8, 4) is 24.4 Å². The first-order valence-corrected chi connectivity index (χ1v) is 11.0. The van der Waals surface area contributed by atoms with Gasteiger partial charge in [0.1, 0.15) is 0 Å². The summed E-state index contributed by atoms with van der Waals surface area (Å²) in [6, 6.07) is 5.99. The summed E-state index contributed by atoms with van der Waals surface area (Å²) in [5.74, 6) is 2.18. The summed E-state index contributed by atoms with van der Waals surface area (Å²) in [7, 11) is 4.66. The van der Waals surface area contributed by atoms with Crippen molar-refractivity contribution in [3.05, 3.63) is 34.9 Å². The number of unbranched alkanes of at least 4 members (excludes halogenated alkanes) is 1. The second-order valence-electron chi connectivity index (χ2n) is 7.64. The molecule has 1 aromatic carbocycles. The van der Waals surface area contributed by atoms with Gasteiger partial charge in [-0.1, -0.05) is 31.4 Å². The molecule has 0 saturated heterocycles. The van der Waals surface area contributed by atoms with Gasteiger partial charge in [-0.05, 0) is 30.7 Å². The first-order valence-electron chi connectivity index (χ1n) is 11.0. The Morgan fingerprint density at radius 3 is 2.74 bits per heavy atom. The van der Waals surface area contributed by atoms with Crippen molar-refractivity contribution in [2.45, 2.75) is 32.2 Å². The Balaban J connectivity index is 2.05. The normalized spacial score (nSPS) is 11.7. The Morgan fingerprint density at radius 1 is 1.29 bits per heavy atom. The van der Waals surface area contributed by atoms with Gasteiger partial charge in [0, 0.05) is 6.54 Å². The summed E-state index contributed by atoms with van der Waals surface area (Å²) in [5.41, 5.74) is 8.92. The minimum Gasteiger partial charge on any atom is -0.468 e. The summed E-state index contributed by atoms with van der Waals surface area (Å²) < 4.78 is 17.9. The van der Waals surface area contributed by atoms with Crippen LogP contribution in [0.4, 0.5) is 5.82 Å². The molecule has 3 rings (SSSR count). The van der Waals surface area contributed by atoms with Crippen molar-refractivity contribution in [2.24, 2.45) is 0 Å². The number of ether oxygens (including phenoxy) is 3. The fourth-order valence-corrected chi connectivity index (χ4v) is 3.59. The van der Waals surface area contributed by atoms with Gasteiger partial charge >= 0.3 is 12.0 Å². The van der Waals surface area contributed by atoms with E-state index >= 15 is 0 Å². The average Bonchev–Trinajstić information content (AvgIpc) is 3.20. The number of nitrogens with two attached hydrogens (primary N) is 1. The summed E-state index contributed by atoms with van der Waals surface area (Å²) in [5, 5.41) is 3.05. The number of hydrogen-bond donors (Lipinski definition) is 2. The van der Waals surface area contributed by atoms with Gasteiger partial charge in [0.15, 0.2) is 17.0 Å². The van der Waals surface area contributed by atoms with Crippen LogP contribution in [0.5, 0.6) is 12.0 Å². The number of terminal acetylenes is 1. The monoisotopic (exact) mass is 466 g/mol. The van der Waals surface area contributed by atoms with Gasteiger partial charge in [-0.25, -0.2) is 4.79 Å². The third kappa shape index (κ3) is 5.21. The first kappa shape index (κ1) is 24.8. The van der Waals surface area contributed by atoms with Crippen LogP contribution in [-0.2, 0) is 11.3 Å². The van der Waals surface area contributed by atoms with Gasteiger partial charge < -0.3 is 25.3 Å². The number of imidazole rings is 1. The summed E-state index contributed by atoms with van der Waals surface area (Å²) in [6.45, 7) is 3.39. The predicted octanol–water partition coefficient (Wildman–Crippen LogP) is 2.37. The molecule has 10 nitrogen and oxygen atoms in total. The minimum atomic E-state index is -0.464. The number of nitrogen functional groups attached to an aromatic ring is 1. The molecule has 0 spiro atoms. The third-order valence-electron chi connectivity index (χ3n) is 5.33. The highest BCUT2D eigenvalue weighted by Crippen LogP contribution is 2.28. The van der Waals surface area contributed by atoms with E-state index in [1.54, 1.807) is 17.7 Å². The molecule has 1 atom stereocenters. The molecule has 2 aromatic heterocycles. The minimum absolute atomic E-state index is 0.178. The number of carbonyl (C=O) groups excluding carboxylic acids is 1. The quantitative estimate of drug-likeness (QED) is 0.249. The lowest BCUT2D eigenvalue weighted by atomic mass is 9.93.